The van der Waals surface area contributed by atoms with E-state index in [0.717, 1.165) is 11.1 Å². The predicted molar refractivity (Wildman–Crippen MR) is 85.5 cm³/mol. The zero-order valence-corrected chi connectivity index (χ0v) is 13.5. The van der Waals surface area contributed by atoms with Crippen molar-refractivity contribution < 1.29 is 14.6 Å². The zero-order valence-electron chi connectivity index (χ0n) is 12.5. The second-order valence-electron chi connectivity index (χ2n) is 5.25. The van der Waals surface area contributed by atoms with Gasteiger partial charge in [0.25, 0.3) is 0 Å². The van der Waals surface area contributed by atoms with Crippen LogP contribution in [0.15, 0.2) is 42.5 Å². The van der Waals surface area contributed by atoms with Crippen LogP contribution in [0.2, 0.25) is 13.1 Å². The Bertz CT molecular complexity index is 650. The number of hydrogen-bond acceptors (Lipinski definition) is 3. The first-order valence-corrected chi connectivity index (χ1v) is 9.34. The Morgan fingerprint density at radius 1 is 1.19 bits per heavy atom. The molecule has 2 aromatic carbocycles. The SMILES string of the molecule is Cc1ccc(C(=O)OCc2ccccc2[Si](C)C)c(O)c1. The summed E-state index contributed by atoms with van der Waals surface area (Å²) in [5.74, 6) is -0.535. The van der Waals surface area contributed by atoms with Crippen LogP contribution in [-0.2, 0) is 11.3 Å². The van der Waals surface area contributed by atoms with Crippen LogP contribution in [0.4, 0.5) is 0 Å². The predicted octanol–water partition coefficient (Wildman–Crippen LogP) is 3.02. The second kappa shape index (κ2) is 6.59. The molecule has 2 rings (SSSR count). The van der Waals surface area contributed by atoms with Gasteiger partial charge in [0.05, 0.1) is 8.80 Å². The number of carbonyl (C=O) groups is 1. The average molecular weight is 299 g/mol. The molecule has 0 unspecified atom stereocenters. The molecule has 0 heterocycles. The molecule has 0 aliphatic carbocycles. The third kappa shape index (κ3) is 3.73. The first kappa shape index (κ1) is 15.3. The van der Waals surface area contributed by atoms with Crippen LogP contribution < -0.4 is 5.19 Å². The standard InChI is InChI=1S/C17H19O3Si/c1-12-8-9-14(15(18)10-12)17(19)20-11-13-6-4-5-7-16(13)21(2)3/h4-10,18H,11H2,1-3H3. The van der Waals surface area contributed by atoms with E-state index in [4.69, 9.17) is 4.74 Å². The summed E-state index contributed by atoms with van der Waals surface area (Å²) in [6, 6.07) is 12.9. The number of phenolic OH excluding ortho intramolecular Hbond substituents is 1. The molecule has 0 saturated heterocycles. The molecule has 1 radical (unpaired) electrons. The van der Waals surface area contributed by atoms with Crippen molar-refractivity contribution in [2.24, 2.45) is 0 Å². The van der Waals surface area contributed by atoms with Crippen molar-refractivity contribution in [3.63, 3.8) is 0 Å². The van der Waals surface area contributed by atoms with Gasteiger partial charge in [-0.1, -0.05) is 48.6 Å². The lowest BCUT2D eigenvalue weighted by Crippen LogP contribution is -2.27. The van der Waals surface area contributed by atoms with E-state index < -0.39 is 14.8 Å². The number of hydrogen-bond donors (Lipinski definition) is 1. The van der Waals surface area contributed by atoms with Gasteiger partial charge in [0, 0.05) is 0 Å². The van der Waals surface area contributed by atoms with Gasteiger partial charge in [-0.3, -0.25) is 0 Å². The molecule has 4 heteroatoms. The van der Waals surface area contributed by atoms with Gasteiger partial charge < -0.3 is 9.84 Å². The fourth-order valence-electron chi connectivity index (χ4n) is 2.17. The van der Waals surface area contributed by atoms with Gasteiger partial charge in [-0.25, -0.2) is 4.79 Å². The van der Waals surface area contributed by atoms with Crippen LogP contribution in [0.3, 0.4) is 0 Å². The Balaban J connectivity index is 2.11. The molecule has 0 saturated carbocycles. The van der Waals surface area contributed by atoms with Gasteiger partial charge >= 0.3 is 5.97 Å². The van der Waals surface area contributed by atoms with Crippen LogP contribution in [0.1, 0.15) is 21.5 Å². The highest BCUT2D eigenvalue weighted by molar-refractivity contribution is 6.71. The summed E-state index contributed by atoms with van der Waals surface area (Å²) in [5.41, 5.74) is 2.14. The fourth-order valence-corrected chi connectivity index (χ4v) is 3.40. The fraction of sp³-hybridized carbons (Fsp3) is 0.235. The van der Waals surface area contributed by atoms with E-state index in [-0.39, 0.29) is 17.9 Å². The molecule has 0 aliphatic heterocycles. The van der Waals surface area contributed by atoms with Crippen LogP contribution in [0.5, 0.6) is 5.75 Å². The minimum Gasteiger partial charge on any atom is -0.507 e. The summed E-state index contributed by atoms with van der Waals surface area (Å²) >= 11 is 0. The van der Waals surface area contributed by atoms with E-state index in [1.54, 1.807) is 18.2 Å². The van der Waals surface area contributed by atoms with Gasteiger partial charge in [0.15, 0.2) is 0 Å². The molecule has 0 fully saturated rings. The Hall–Kier alpha value is -2.07. The number of rotatable bonds is 4. The van der Waals surface area contributed by atoms with Gasteiger partial charge in [-0.2, -0.15) is 0 Å². The summed E-state index contributed by atoms with van der Waals surface area (Å²) in [4.78, 5) is 12.1. The minimum atomic E-state index is -0.607. The van der Waals surface area contributed by atoms with E-state index in [9.17, 15) is 9.90 Å². The van der Waals surface area contributed by atoms with E-state index in [0.29, 0.717) is 0 Å². The van der Waals surface area contributed by atoms with E-state index in [2.05, 4.69) is 19.2 Å². The number of ether oxygens (including phenoxy) is 1. The molecule has 109 valence electrons. The molecule has 3 nitrogen and oxygen atoms in total. The first-order chi connectivity index (χ1) is 9.99. The molecule has 1 N–H and O–H groups in total. The van der Waals surface area contributed by atoms with Crippen molar-refractivity contribution in [2.45, 2.75) is 26.6 Å². The van der Waals surface area contributed by atoms with Gasteiger partial charge in [0.2, 0.25) is 0 Å². The first-order valence-electron chi connectivity index (χ1n) is 6.84. The molecule has 0 amide bonds. The van der Waals surface area contributed by atoms with Crippen molar-refractivity contribution in [3.8, 4) is 5.75 Å². The van der Waals surface area contributed by atoms with Crippen molar-refractivity contribution in [1.82, 2.24) is 0 Å². The summed E-state index contributed by atoms with van der Waals surface area (Å²) in [6.07, 6.45) is 0. The highest BCUT2D eigenvalue weighted by Crippen LogP contribution is 2.19. The summed E-state index contributed by atoms with van der Waals surface area (Å²) in [7, 11) is -0.607. The number of esters is 1. The molecular formula is C17H19O3Si. The van der Waals surface area contributed by atoms with Crippen molar-refractivity contribution in [3.05, 3.63) is 59.2 Å². The topological polar surface area (TPSA) is 46.5 Å². The minimum absolute atomic E-state index is 0.0379. The largest absolute Gasteiger partial charge is 0.507 e. The number of phenols is 1. The number of aryl methyl sites for hydroxylation is 1. The average Bonchev–Trinajstić information content (AvgIpc) is 2.45. The lowest BCUT2D eigenvalue weighted by Gasteiger charge is -2.12. The Morgan fingerprint density at radius 2 is 1.90 bits per heavy atom. The molecule has 0 bridgehead atoms. The quantitative estimate of drug-likeness (QED) is 0.697. The molecule has 0 aliphatic rings. The monoisotopic (exact) mass is 299 g/mol. The maximum atomic E-state index is 12.1. The summed E-state index contributed by atoms with van der Waals surface area (Å²) < 4.78 is 5.34. The van der Waals surface area contributed by atoms with Gasteiger partial charge in [0.1, 0.15) is 17.9 Å². The van der Waals surface area contributed by atoms with E-state index in [1.165, 1.54) is 5.19 Å². The maximum Gasteiger partial charge on any atom is 0.342 e. The smallest absolute Gasteiger partial charge is 0.342 e. The van der Waals surface area contributed by atoms with Crippen molar-refractivity contribution in [1.29, 1.82) is 0 Å². The molecule has 0 aromatic heterocycles. The van der Waals surface area contributed by atoms with Gasteiger partial charge in [-0.05, 0) is 30.2 Å². The van der Waals surface area contributed by atoms with E-state index >= 15 is 0 Å². The van der Waals surface area contributed by atoms with Crippen molar-refractivity contribution >= 4 is 20.0 Å². The van der Waals surface area contributed by atoms with Gasteiger partial charge in [-0.15, -0.1) is 0 Å². The number of benzene rings is 2. The van der Waals surface area contributed by atoms with Crippen molar-refractivity contribution in [2.75, 3.05) is 0 Å². The number of carbonyl (C=O) groups excluding carboxylic acids is 1. The summed E-state index contributed by atoms with van der Waals surface area (Å²) in [6.45, 7) is 6.50. The highest BCUT2D eigenvalue weighted by atomic mass is 28.3. The second-order valence-corrected chi connectivity index (χ2v) is 7.79. The molecule has 0 atom stereocenters. The lowest BCUT2D eigenvalue weighted by molar-refractivity contribution is 0.0470. The van der Waals surface area contributed by atoms with Crippen LogP contribution >= 0.6 is 0 Å². The molecular weight excluding hydrogens is 280 g/mol. The Kier molecular flexibility index (Phi) is 4.80. The van der Waals surface area contributed by atoms with E-state index in [1.807, 2.05) is 25.1 Å². The zero-order chi connectivity index (χ0) is 15.4. The maximum absolute atomic E-state index is 12.1. The Morgan fingerprint density at radius 3 is 2.57 bits per heavy atom. The lowest BCUT2D eigenvalue weighted by atomic mass is 10.1. The molecule has 2 aromatic rings. The number of aromatic hydroxyl groups is 1. The Labute approximate surface area is 126 Å². The molecule has 0 spiro atoms. The van der Waals surface area contributed by atoms with Crippen LogP contribution in [-0.4, -0.2) is 19.9 Å². The third-order valence-electron chi connectivity index (χ3n) is 3.29. The molecule has 21 heavy (non-hydrogen) atoms. The third-order valence-corrected chi connectivity index (χ3v) is 4.85. The normalized spacial score (nSPS) is 10.7. The van der Waals surface area contributed by atoms with Crippen LogP contribution in [0.25, 0.3) is 0 Å². The van der Waals surface area contributed by atoms with Crippen LogP contribution in [0, 0.1) is 6.92 Å². The highest BCUT2D eigenvalue weighted by Gasteiger charge is 2.14. The summed E-state index contributed by atoms with van der Waals surface area (Å²) in [5, 5.41) is 11.1.